The molecule has 1 atom stereocenters. The van der Waals surface area contributed by atoms with Crippen LogP contribution in [0.4, 0.5) is 10.1 Å². The lowest BCUT2D eigenvalue weighted by molar-refractivity contribution is 0.186. The van der Waals surface area contributed by atoms with Gasteiger partial charge in [0, 0.05) is 12.6 Å². The summed E-state index contributed by atoms with van der Waals surface area (Å²) in [6.07, 6.45) is 3.12. The van der Waals surface area contributed by atoms with Crippen molar-refractivity contribution in [2.75, 3.05) is 18.9 Å². The Morgan fingerprint density at radius 3 is 2.80 bits per heavy atom. The third-order valence-corrected chi connectivity index (χ3v) is 5.64. The van der Waals surface area contributed by atoms with E-state index in [0.717, 1.165) is 25.3 Å². The van der Waals surface area contributed by atoms with Crippen LogP contribution in [-0.2, 0) is 10.0 Å². The molecule has 1 heterocycles. The fourth-order valence-corrected chi connectivity index (χ4v) is 4.33. The molecule has 1 aliphatic rings. The molecule has 0 amide bonds. The molecule has 20 heavy (non-hydrogen) atoms. The van der Waals surface area contributed by atoms with Crippen LogP contribution in [0.5, 0.6) is 0 Å². The Kier molecular flexibility index (Phi) is 4.62. The van der Waals surface area contributed by atoms with Crippen molar-refractivity contribution >= 4 is 15.7 Å². The highest BCUT2D eigenvalue weighted by Crippen LogP contribution is 2.28. The number of aliphatic hydroxyl groups is 1. The summed E-state index contributed by atoms with van der Waals surface area (Å²) < 4.78 is 40.0. The number of nitrogens with two attached hydrogens (primary N) is 1. The monoisotopic (exact) mass is 302 g/mol. The van der Waals surface area contributed by atoms with Crippen LogP contribution in [0.2, 0.25) is 0 Å². The lowest BCUT2D eigenvalue weighted by atomic mass is 10.1. The van der Waals surface area contributed by atoms with E-state index >= 15 is 0 Å². The minimum Gasteiger partial charge on any atom is -0.395 e. The number of anilines is 1. The Hall–Kier alpha value is -1.18. The van der Waals surface area contributed by atoms with Gasteiger partial charge >= 0.3 is 0 Å². The van der Waals surface area contributed by atoms with Gasteiger partial charge in [0.25, 0.3) is 0 Å². The summed E-state index contributed by atoms with van der Waals surface area (Å²) in [5.74, 6) is -0.749. The number of hydrogen-bond donors (Lipinski definition) is 2. The number of nitrogen functional groups attached to an aromatic ring is 1. The summed E-state index contributed by atoms with van der Waals surface area (Å²) in [6.45, 7) is 0.0813. The summed E-state index contributed by atoms with van der Waals surface area (Å²) >= 11 is 0. The number of rotatable bonds is 3. The molecule has 0 radical (unpaired) electrons. The molecular formula is C13H19FN2O3S. The van der Waals surface area contributed by atoms with E-state index in [-0.39, 0.29) is 17.2 Å². The first-order valence-electron chi connectivity index (χ1n) is 6.65. The smallest absolute Gasteiger partial charge is 0.245 e. The number of para-hydroxylation sites is 1. The van der Waals surface area contributed by atoms with Gasteiger partial charge in [0.15, 0.2) is 0 Å². The Labute approximate surface area is 118 Å². The van der Waals surface area contributed by atoms with Crippen LogP contribution in [-0.4, -0.2) is 37.0 Å². The number of aliphatic hydroxyl groups excluding tert-OH is 1. The van der Waals surface area contributed by atoms with Crippen molar-refractivity contribution in [3.05, 3.63) is 24.0 Å². The minimum absolute atomic E-state index is 0.224. The molecule has 0 aliphatic carbocycles. The SMILES string of the molecule is Nc1c(F)cccc1S(=O)(=O)N1CCCCCC1CO. The van der Waals surface area contributed by atoms with Crippen molar-refractivity contribution in [2.24, 2.45) is 0 Å². The quantitative estimate of drug-likeness (QED) is 0.825. The maximum absolute atomic E-state index is 13.5. The number of benzene rings is 1. The Balaban J connectivity index is 2.44. The molecule has 7 heteroatoms. The highest BCUT2D eigenvalue weighted by Gasteiger charge is 2.33. The van der Waals surface area contributed by atoms with Gasteiger partial charge in [0.1, 0.15) is 10.7 Å². The molecule has 2 rings (SSSR count). The fraction of sp³-hybridized carbons (Fsp3) is 0.538. The lowest BCUT2D eigenvalue weighted by Crippen LogP contribution is -2.42. The number of nitrogens with zero attached hydrogens (tertiary/aromatic N) is 1. The van der Waals surface area contributed by atoms with Gasteiger partial charge in [-0.15, -0.1) is 0 Å². The second-order valence-corrected chi connectivity index (χ2v) is 6.81. The van der Waals surface area contributed by atoms with Crippen LogP contribution < -0.4 is 5.73 Å². The zero-order valence-electron chi connectivity index (χ0n) is 11.1. The predicted octanol–water partition coefficient (Wildman–Crippen LogP) is 1.33. The minimum atomic E-state index is -3.89. The molecule has 0 bridgehead atoms. The molecule has 0 spiro atoms. The first-order chi connectivity index (χ1) is 9.48. The van der Waals surface area contributed by atoms with Crippen molar-refractivity contribution in [2.45, 2.75) is 36.6 Å². The van der Waals surface area contributed by atoms with Crippen LogP contribution in [0, 0.1) is 5.82 Å². The van der Waals surface area contributed by atoms with E-state index in [1.54, 1.807) is 0 Å². The molecule has 1 aromatic carbocycles. The lowest BCUT2D eigenvalue weighted by Gasteiger charge is -2.28. The topological polar surface area (TPSA) is 83.6 Å². The molecule has 3 N–H and O–H groups in total. The van der Waals surface area contributed by atoms with E-state index in [1.807, 2.05) is 0 Å². The number of hydrogen-bond acceptors (Lipinski definition) is 4. The molecule has 0 aromatic heterocycles. The van der Waals surface area contributed by atoms with E-state index in [1.165, 1.54) is 16.4 Å². The van der Waals surface area contributed by atoms with Crippen LogP contribution >= 0.6 is 0 Å². The second-order valence-electron chi connectivity index (χ2n) is 4.95. The highest BCUT2D eigenvalue weighted by atomic mass is 32.2. The van der Waals surface area contributed by atoms with Gasteiger partial charge in [0.05, 0.1) is 12.3 Å². The van der Waals surface area contributed by atoms with Crippen LogP contribution in [0.15, 0.2) is 23.1 Å². The predicted molar refractivity (Wildman–Crippen MR) is 74.0 cm³/mol. The molecular weight excluding hydrogens is 283 g/mol. The molecule has 0 saturated carbocycles. The van der Waals surface area contributed by atoms with Gasteiger partial charge in [-0.2, -0.15) is 4.31 Å². The molecule has 1 unspecified atom stereocenters. The van der Waals surface area contributed by atoms with Crippen LogP contribution in [0.1, 0.15) is 25.7 Å². The maximum Gasteiger partial charge on any atom is 0.245 e. The molecule has 1 fully saturated rings. The average molecular weight is 302 g/mol. The summed E-state index contributed by atoms with van der Waals surface area (Å²) in [5, 5.41) is 9.41. The first-order valence-corrected chi connectivity index (χ1v) is 8.09. The summed E-state index contributed by atoms with van der Waals surface area (Å²) in [7, 11) is -3.89. The maximum atomic E-state index is 13.5. The van der Waals surface area contributed by atoms with Gasteiger partial charge in [-0.1, -0.05) is 18.9 Å². The van der Waals surface area contributed by atoms with E-state index in [2.05, 4.69) is 0 Å². The summed E-state index contributed by atoms with van der Waals surface area (Å²) in [4.78, 5) is -0.224. The van der Waals surface area contributed by atoms with Crippen molar-refractivity contribution in [3.8, 4) is 0 Å². The standard InChI is InChI=1S/C13H19FN2O3S/c14-11-6-4-7-12(13(11)15)20(18,19)16-8-3-1-2-5-10(16)9-17/h4,6-7,10,17H,1-3,5,8-9,15H2. The average Bonchev–Trinajstić information content (AvgIpc) is 2.67. The Morgan fingerprint density at radius 2 is 2.10 bits per heavy atom. The normalized spacial score (nSPS) is 21.6. The molecule has 5 nitrogen and oxygen atoms in total. The third-order valence-electron chi connectivity index (χ3n) is 3.63. The van der Waals surface area contributed by atoms with E-state index in [0.29, 0.717) is 13.0 Å². The van der Waals surface area contributed by atoms with Gasteiger partial charge in [-0.25, -0.2) is 12.8 Å². The zero-order chi connectivity index (χ0) is 14.8. The van der Waals surface area contributed by atoms with Crippen molar-refractivity contribution in [1.29, 1.82) is 0 Å². The zero-order valence-corrected chi connectivity index (χ0v) is 11.9. The number of halogens is 1. The summed E-state index contributed by atoms with van der Waals surface area (Å²) in [6, 6.07) is 3.28. The van der Waals surface area contributed by atoms with E-state index in [9.17, 15) is 17.9 Å². The third kappa shape index (κ3) is 2.79. The van der Waals surface area contributed by atoms with Crippen LogP contribution in [0.25, 0.3) is 0 Å². The summed E-state index contributed by atoms with van der Waals surface area (Å²) in [5.41, 5.74) is 5.19. The second kappa shape index (κ2) is 6.07. The largest absolute Gasteiger partial charge is 0.395 e. The van der Waals surface area contributed by atoms with E-state index < -0.39 is 21.9 Å². The van der Waals surface area contributed by atoms with Gasteiger partial charge in [0.2, 0.25) is 10.0 Å². The number of sulfonamides is 1. The van der Waals surface area contributed by atoms with Gasteiger partial charge < -0.3 is 10.8 Å². The highest BCUT2D eigenvalue weighted by molar-refractivity contribution is 7.89. The molecule has 1 saturated heterocycles. The van der Waals surface area contributed by atoms with Gasteiger partial charge in [-0.3, -0.25) is 0 Å². The molecule has 1 aliphatic heterocycles. The Morgan fingerprint density at radius 1 is 1.35 bits per heavy atom. The van der Waals surface area contributed by atoms with Gasteiger partial charge in [-0.05, 0) is 25.0 Å². The van der Waals surface area contributed by atoms with Crippen LogP contribution in [0.3, 0.4) is 0 Å². The van der Waals surface area contributed by atoms with Crippen molar-refractivity contribution in [3.63, 3.8) is 0 Å². The van der Waals surface area contributed by atoms with Crippen molar-refractivity contribution < 1.29 is 17.9 Å². The Bertz CT molecular complexity index is 577. The van der Waals surface area contributed by atoms with Crippen molar-refractivity contribution in [1.82, 2.24) is 4.31 Å². The molecule has 1 aromatic rings. The van der Waals surface area contributed by atoms with E-state index in [4.69, 9.17) is 5.73 Å². The molecule has 112 valence electrons. The fourth-order valence-electron chi connectivity index (χ4n) is 2.52. The first kappa shape index (κ1) is 15.2.